The third-order valence-electron chi connectivity index (χ3n) is 3.82. The van der Waals surface area contributed by atoms with Crippen molar-refractivity contribution in [2.45, 2.75) is 12.5 Å². The fourth-order valence-electron chi connectivity index (χ4n) is 2.49. The van der Waals surface area contributed by atoms with Gasteiger partial charge in [0.05, 0.1) is 11.4 Å². The van der Waals surface area contributed by atoms with Crippen molar-refractivity contribution in [2.24, 2.45) is 24.6 Å². The lowest BCUT2D eigenvalue weighted by Crippen LogP contribution is -2.16. The Morgan fingerprint density at radius 3 is 2.95 bits per heavy atom. The summed E-state index contributed by atoms with van der Waals surface area (Å²) in [6.45, 7) is 0. The molecule has 3 atom stereocenters. The summed E-state index contributed by atoms with van der Waals surface area (Å²) in [5, 5.41) is 8.92. The van der Waals surface area contributed by atoms with Crippen LogP contribution in [0.2, 0.25) is 0 Å². The molecule has 0 bridgehead atoms. The van der Waals surface area contributed by atoms with Crippen LogP contribution in [0.1, 0.15) is 18.0 Å². The van der Waals surface area contributed by atoms with Crippen molar-refractivity contribution in [3.8, 4) is 0 Å². The molecule has 1 fully saturated rings. The molecule has 1 aromatic carbocycles. The van der Waals surface area contributed by atoms with Gasteiger partial charge in [0.25, 0.3) is 0 Å². The number of fused-ring (bicyclic) bond motifs is 1. The van der Waals surface area contributed by atoms with E-state index in [0.29, 0.717) is 17.5 Å². The van der Waals surface area contributed by atoms with Crippen LogP contribution in [0, 0.1) is 11.8 Å². The van der Waals surface area contributed by atoms with E-state index in [0.717, 1.165) is 5.56 Å². The summed E-state index contributed by atoms with van der Waals surface area (Å²) in [6.07, 6.45) is 0.610. The Balaban J connectivity index is 1.95. The minimum Gasteiger partial charge on any atom is -0.481 e. The van der Waals surface area contributed by atoms with E-state index in [1.54, 1.807) is 25.2 Å². The van der Waals surface area contributed by atoms with E-state index in [1.165, 1.54) is 4.57 Å². The van der Waals surface area contributed by atoms with Gasteiger partial charge in [0.1, 0.15) is 0 Å². The number of hydrogen-bond acceptors (Lipinski definition) is 4. The van der Waals surface area contributed by atoms with Crippen LogP contribution in [0.3, 0.4) is 0 Å². The number of nitrogens with zero attached hydrogens (tertiary/aromatic N) is 1. The number of carbonyl (C=O) groups is 1. The van der Waals surface area contributed by atoms with Crippen molar-refractivity contribution in [3.63, 3.8) is 0 Å². The molecular formula is C13H14N2O4. The normalized spacial score (nSPS) is 23.5. The average molecular weight is 262 g/mol. The molecule has 0 spiro atoms. The minimum atomic E-state index is -0.794. The molecular weight excluding hydrogens is 248 g/mol. The van der Waals surface area contributed by atoms with Crippen molar-refractivity contribution >= 4 is 17.1 Å². The SMILES string of the molecule is Cn1c(=O)oc2ccc(C(N)C3CC3C(=O)O)cc21. The second-order valence-corrected chi connectivity index (χ2v) is 5.02. The average Bonchev–Trinajstić information content (AvgIpc) is 3.13. The van der Waals surface area contributed by atoms with E-state index in [1.807, 2.05) is 0 Å². The van der Waals surface area contributed by atoms with Crippen LogP contribution in [0.5, 0.6) is 0 Å². The summed E-state index contributed by atoms with van der Waals surface area (Å²) in [6, 6.07) is 4.95. The quantitative estimate of drug-likeness (QED) is 0.854. The van der Waals surface area contributed by atoms with Crippen LogP contribution < -0.4 is 11.5 Å². The first-order valence-electron chi connectivity index (χ1n) is 6.07. The predicted molar refractivity (Wildman–Crippen MR) is 67.6 cm³/mol. The highest BCUT2D eigenvalue weighted by Gasteiger charge is 2.47. The van der Waals surface area contributed by atoms with Gasteiger partial charge in [-0.1, -0.05) is 6.07 Å². The molecule has 1 aromatic heterocycles. The van der Waals surface area contributed by atoms with E-state index in [-0.39, 0.29) is 17.9 Å². The van der Waals surface area contributed by atoms with Crippen molar-refractivity contribution in [2.75, 3.05) is 0 Å². The van der Waals surface area contributed by atoms with Crippen LogP contribution >= 0.6 is 0 Å². The molecule has 3 N–H and O–H groups in total. The Morgan fingerprint density at radius 1 is 1.58 bits per heavy atom. The maximum absolute atomic E-state index is 11.4. The van der Waals surface area contributed by atoms with Gasteiger partial charge in [0.2, 0.25) is 0 Å². The molecule has 1 aliphatic rings. The number of hydrogen-bond donors (Lipinski definition) is 2. The molecule has 0 aliphatic heterocycles. The lowest BCUT2D eigenvalue weighted by atomic mass is 10.0. The standard InChI is InChI=1S/C13H14N2O4/c1-15-9-4-6(2-3-10(9)19-13(15)18)11(14)7-5-8(7)12(16)17/h2-4,7-8,11H,5,14H2,1H3,(H,16,17). The zero-order valence-corrected chi connectivity index (χ0v) is 10.4. The Hall–Kier alpha value is -2.08. The zero-order valence-electron chi connectivity index (χ0n) is 10.4. The molecule has 1 saturated carbocycles. The first-order chi connectivity index (χ1) is 8.99. The molecule has 0 radical (unpaired) electrons. The van der Waals surface area contributed by atoms with Gasteiger partial charge in [-0.2, -0.15) is 0 Å². The predicted octanol–water partition coefficient (Wildman–Crippen LogP) is 0.852. The van der Waals surface area contributed by atoms with Crippen LogP contribution in [-0.2, 0) is 11.8 Å². The molecule has 3 rings (SSSR count). The Morgan fingerprint density at radius 2 is 2.32 bits per heavy atom. The largest absolute Gasteiger partial charge is 0.481 e. The molecule has 19 heavy (non-hydrogen) atoms. The number of aliphatic carboxylic acids is 1. The first-order valence-corrected chi connectivity index (χ1v) is 6.07. The second kappa shape index (κ2) is 3.96. The van der Waals surface area contributed by atoms with E-state index in [4.69, 9.17) is 15.3 Å². The second-order valence-electron chi connectivity index (χ2n) is 5.02. The van der Waals surface area contributed by atoms with Crippen molar-refractivity contribution < 1.29 is 14.3 Å². The Kier molecular flexibility index (Phi) is 2.50. The number of carboxylic acids is 1. The molecule has 100 valence electrons. The van der Waals surface area contributed by atoms with E-state index in [2.05, 4.69) is 0 Å². The monoisotopic (exact) mass is 262 g/mol. The lowest BCUT2D eigenvalue weighted by molar-refractivity contribution is -0.138. The highest BCUT2D eigenvalue weighted by molar-refractivity contribution is 5.75. The molecule has 0 amide bonds. The van der Waals surface area contributed by atoms with E-state index < -0.39 is 11.7 Å². The van der Waals surface area contributed by atoms with Crippen molar-refractivity contribution in [1.29, 1.82) is 0 Å². The lowest BCUT2D eigenvalue weighted by Gasteiger charge is -2.11. The zero-order chi connectivity index (χ0) is 13.7. The molecule has 0 saturated heterocycles. The van der Waals surface area contributed by atoms with Crippen LogP contribution in [0.25, 0.3) is 11.1 Å². The van der Waals surface area contributed by atoms with Gasteiger partial charge in [-0.25, -0.2) is 4.79 Å². The number of oxazole rings is 1. The van der Waals surface area contributed by atoms with Gasteiger partial charge >= 0.3 is 11.7 Å². The first kappa shape index (κ1) is 12.0. The van der Waals surface area contributed by atoms with Crippen molar-refractivity contribution in [3.05, 3.63) is 34.3 Å². The third kappa shape index (κ3) is 1.84. The summed E-state index contributed by atoms with van der Waals surface area (Å²) in [5.41, 5.74) is 8.11. The summed E-state index contributed by atoms with van der Waals surface area (Å²) >= 11 is 0. The fourth-order valence-corrected chi connectivity index (χ4v) is 2.49. The summed E-state index contributed by atoms with van der Waals surface area (Å²) in [7, 11) is 1.63. The van der Waals surface area contributed by atoms with Gasteiger partial charge in [-0.15, -0.1) is 0 Å². The van der Waals surface area contributed by atoms with E-state index in [9.17, 15) is 9.59 Å². The fraction of sp³-hybridized carbons (Fsp3) is 0.385. The highest BCUT2D eigenvalue weighted by atomic mass is 16.4. The molecule has 2 aromatic rings. The number of aryl methyl sites for hydroxylation is 1. The third-order valence-corrected chi connectivity index (χ3v) is 3.82. The van der Waals surface area contributed by atoms with Crippen LogP contribution in [-0.4, -0.2) is 15.6 Å². The number of rotatable bonds is 3. The van der Waals surface area contributed by atoms with Gasteiger partial charge in [-0.3, -0.25) is 9.36 Å². The smallest absolute Gasteiger partial charge is 0.419 e. The summed E-state index contributed by atoms with van der Waals surface area (Å²) < 4.78 is 6.45. The maximum atomic E-state index is 11.4. The van der Waals surface area contributed by atoms with E-state index >= 15 is 0 Å². The number of carboxylic acid groups (broad SMARTS) is 1. The molecule has 1 aliphatic carbocycles. The van der Waals surface area contributed by atoms with Crippen LogP contribution in [0.15, 0.2) is 27.4 Å². The summed E-state index contributed by atoms with van der Waals surface area (Å²) in [4.78, 5) is 22.3. The van der Waals surface area contributed by atoms with Gasteiger partial charge in [0, 0.05) is 13.1 Å². The highest BCUT2D eigenvalue weighted by Crippen LogP contribution is 2.46. The topological polar surface area (TPSA) is 98.5 Å². The van der Waals surface area contributed by atoms with Gasteiger partial charge < -0.3 is 15.3 Å². The molecule has 6 nitrogen and oxygen atoms in total. The van der Waals surface area contributed by atoms with Crippen molar-refractivity contribution in [1.82, 2.24) is 4.57 Å². The minimum absolute atomic E-state index is 0.0288. The molecule has 1 heterocycles. The van der Waals surface area contributed by atoms with Crippen LogP contribution in [0.4, 0.5) is 0 Å². The Labute approximate surface area is 108 Å². The summed E-state index contributed by atoms with van der Waals surface area (Å²) in [5.74, 6) is -1.59. The number of nitrogens with two attached hydrogens (primary N) is 1. The number of benzene rings is 1. The van der Waals surface area contributed by atoms with Gasteiger partial charge in [0.15, 0.2) is 5.58 Å². The molecule has 6 heteroatoms. The molecule has 3 unspecified atom stereocenters. The maximum Gasteiger partial charge on any atom is 0.419 e. The number of aromatic nitrogens is 1. The van der Waals surface area contributed by atoms with Gasteiger partial charge in [-0.05, 0) is 30.0 Å². The Bertz CT molecular complexity index is 715.